The molecule has 0 radical (unpaired) electrons. The molecule has 0 unspecified atom stereocenters. The summed E-state index contributed by atoms with van der Waals surface area (Å²) in [5, 5.41) is 71.9. The van der Waals surface area contributed by atoms with Crippen LogP contribution in [0.4, 0.5) is 0 Å². The summed E-state index contributed by atoms with van der Waals surface area (Å²) in [6, 6.07) is -8.43. The number of carboxylic acid groups (broad SMARTS) is 2. The normalized spacial score (nSPS) is 15.2. The molecule has 0 saturated heterocycles. The lowest BCUT2D eigenvalue weighted by Crippen LogP contribution is -2.62. The van der Waals surface area contributed by atoms with Gasteiger partial charge in [0.05, 0.1) is 25.4 Å². The third-order valence-electron chi connectivity index (χ3n) is 12.5. The van der Waals surface area contributed by atoms with Crippen molar-refractivity contribution in [1.29, 1.82) is 0 Å². The van der Waals surface area contributed by atoms with Crippen LogP contribution in [0.15, 0.2) is 35.5 Å². The van der Waals surface area contributed by atoms with Gasteiger partial charge in [-0.25, -0.2) is 4.79 Å². The van der Waals surface area contributed by atoms with E-state index in [1.165, 1.54) is 6.92 Å². The number of guanidine groups is 1. The monoisotopic (exact) mass is 1180 g/mol. The van der Waals surface area contributed by atoms with E-state index in [-0.39, 0.29) is 69.2 Å². The number of H-pyrrole nitrogens is 1. The first-order valence-corrected chi connectivity index (χ1v) is 27.1. The number of aliphatic hydroxyl groups excluding tert-OH is 3. The molecule has 32 heteroatoms. The standard InChI is InChI=1S/C50H81N15O16S/c1-24(2)18-34(61-41(72)29(52)23-82)45(76)57-25(3)40(71)65-39(26(4)68)48(79)60-33(14-15-38(69)70)44(75)58-31(12-7-8-16-51)43(74)63-36(21-66)47(78)59-32(13-9-17-55-50(53)54)42(73)62-35(46(77)64-37(22-67)49(80)81)19-27-20-56-30-11-6-5-10-28(27)30/h5-6,10-11,20,24-26,29,31-37,39,56,66-68,82H,7-9,12-19,21-23,51-52H2,1-4H3,(H,57,76)(H,58,75)(H,59,78)(H,60,79)(H,61,72)(H,62,73)(H,63,74)(H,64,77)(H,65,71)(H,69,70)(H,80,81)(H4,53,54,55)/t25-,26+,29-,31-,32-,33-,34-,35-,36-,37-,39-/m0/s1. The number of hydrogen-bond acceptors (Lipinski definition) is 18. The Hall–Kier alpha value is -7.65. The second-order valence-corrected chi connectivity index (χ2v) is 20.1. The average Bonchev–Trinajstić information content (AvgIpc) is 3.89. The molecule has 82 heavy (non-hydrogen) atoms. The maximum absolute atomic E-state index is 14.1. The van der Waals surface area contributed by atoms with Gasteiger partial charge in [-0.1, -0.05) is 32.0 Å². The Balaban J connectivity index is 2.40. The molecular weight excluding hydrogens is 1100 g/mol. The predicted molar refractivity (Wildman–Crippen MR) is 300 cm³/mol. The van der Waals surface area contributed by atoms with E-state index in [0.717, 1.165) is 6.92 Å². The van der Waals surface area contributed by atoms with Crippen LogP contribution in [0.2, 0.25) is 0 Å². The summed E-state index contributed by atoms with van der Waals surface area (Å²) < 4.78 is 0. The number of benzene rings is 1. The largest absolute Gasteiger partial charge is 0.481 e. The second-order valence-electron chi connectivity index (χ2n) is 19.7. The zero-order valence-corrected chi connectivity index (χ0v) is 47.0. The third kappa shape index (κ3) is 24.2. The number of carbonyl (C=O) groups is 11. The number of carboxylic acids is 2. The molecule has 11 atom stereocenters. The van der Waals surface area contributed by atoms with Crippen molar-refractivity contribution in [3.8, 4) is 0 Å². The highest BCUT2D eigenvalue weighted by Gasteiger charge is 2.36. The summed E-state index contributed by atoms with van der Waals surface area (Å²) in [5.41, 5.74) is 23.6. The Morgan fingerprint density at radius 3 is 1.65 bits per heavy atom. The predicted octanol–water partition coefficient (Wildman–Crippen LogP) is -6.11. The fourth-order valence-electron chi connectivity index (χ4n) is 7.93. The molecule has 1 heterocycles. The van der Waals surface area contributed by atoms with E-state index in [4.69, 9.17) is 22.9 Å². The van der Waals surface area contributed by atoms with Gasteiger partial charge in [0, 0.05) is 42.2 Å². The van der Waals surface area contributed by atoms with Gasteiger partial charge in [0.1, 0.15) is 54.4 Å². The zero-order valence-electron chi connectivity index (χ0n) is 46.1. The van der Waals surface area contributed by atoms with Gasteiger partial charge in [-0.2, -0.15) is 12.6 Å². The van der Waals surface area contributed by atoms with Crippen LogP contribution in [0.25, 0.3) is 10.9 Å². The summed E-state index contributed by atoms with van der Waals surface area (Å²) >= 11 is 4.00. The Bertz CT molecular complexity index is 2530. The molecule has 0 spiro atoms. The van der Waals surface area contributed by atoms with Gasteiger partial charge in [-0.15, -0.1) is 0 Å². The molecule has 0 aliphatic carbocycles. The Morgan fingerprint density at radius 1 is 0.610 bits per heavy atom. The number of fused-ring (bicyclic) bond motifs is 1. The molecule has 0 fully saturated rings. The van der Waals surface area contributed by atoms with Crippen LogP contribution >= 0.6 is 12.6 Å². The molecule has 0 aliphatic rings. The number of nitrogens with one attached hydrogen (secondary N) is 10. The third-order valence-corrected chi connectivity index (χ3v) is 12.9. The number of unbranched alkanes of at least 4 members (excludes halogenated alkanes) is 1. The second kappa shape index (κ2) is 35.9. The fraction of sp³-hybridized carbons (Fsp3) is 0.600. The minimum atomic E-state index is -1.85. The van der Waals surface area contributed by atoms with Crippen molar-refractivity contribution in [2.24, 2.45) is 33.8 Å². The number of aliphatic hydroxyl groups is 3. The van der Waals surface area contributed by atoms with Crippen LogP contribution in [0.5, 0.6) is 0 Å². The molecule has 2 rings (SSSR count). The van der Waals surface area contributed by atoms with Crippen molar-refractivity contribution in [3.63, 3.8) is 0 Å². The molecule has 2 aromatic rings. The number of nitrogens with two attached hydrogens (primary N) is 4. The molecule has 0 bridgehead atoms. The molecular formula is C50H81N15O16S. The van der Waals surface area contributed by atoms with Gasteiger partial charge in [0.2, 0.25) is 53.2 Å². The van der Waals surface area contributed by atoms with E-state index in [9.17, 15) is 78.3 Å². The van der Waals surface area contributed by atoms with Gasteiger partial charge < -0.3 is 101 Å². The van der Waals surface area contributed by atoms with Crippen molar-refractivity contribution in [1.82, 2.24) is 52.8 Å². The molecule has 0 aliphatic heterocycles. The van der Waals surface area contributed by atoms with Gasteiger partial charge in [-0.05, 0) is 82.9 Å². The first kappa shape index (κ1) is 70.5. The van der Waals surface area contributed by atoms with Crippen LogP contribution in [0.3, 0.4) is 0 Å². The van der Waals surface area contributed by atoms with E-state index in [0.29, 0.717) is 22.9 Å². The number of aliphatic imine (C=N–C) groups is 1. The number of carbonyl (C=O) groups excluding carboxylic acids is 9. The SMILES string of the molecule is CC(C)C[C@H](NC(=O)[C@@H](N)CS)C(=O)N[C@@H](C)C(=O)N[C@H](C(=O)N[C@@H](CCC(=O)O)C(=O)N[C@@H](CCCCN)C(=O)N[C@@H](CO)C(=O)N[C@@H](CCCN=C(N)N)C(=O)N[C@@H](Cc1c[nH]c2ccccc12)C(=O)N[C@@H](CO)C(=O)O)[C@@H](C)O. The van der Waals surface area contributed by atoms with E-state index in [1.807, 2.05) is 0 Å². The van der Waals surface area contributed by atoms with Crippen molar-refractivity contribution < 1.29 is 78.3 Å². The zero-order chi connectivity index (χ0) is 61.8. The van der Waals surface area contributed by atoms with E-state index >= 15 is 0 Å². The Morgan fingerprint density at radius 2 is 1.11 bits per heavy atom. The van der Waals surface area contributed by atoms with E-state index in [2.05, 4.69) is 70.5 Å². The number of amides is 9. The molecule has 458 valence electrons. The highest BCUT2D eigenvalue weighted by molar-refractivity contribution is 7.80. The van der Waals surface area contributed by atoms with Gasteiger partial charge >= 0.3 is 11.9 Å². The number of aromatic nitrogens is 1. The van der Waals surface area contributed by atoms with Crippen LogP contribution in [0, 0.1) is 5.92 Å². The molecule has 1 aromatic carbocycles. The minimum Gasteiger partial charge on any atom is -0.481 e. The van der Waals surface area contributed by atoms with Crippen molar-refractivity contribution >= 4 is 94.6 Å². The number of nitrogens with zero attached hydrogens (tertiary/aromatic N) is 1. The highest BCUT2D eigenvalue weighted by atomic mass is 32.1. The first-order chi connectivity index (χ1) is 38.7. The number of hydrogen-bond donors (Lipinski definition) is 20. The van der Waals surface area contributed by atoms with Crippen molar-refractivity contribution in [2.75, 3.05) is 32.1 Å². The number of aliphatic carboxylic acids is 2. The van der Waals surface area contributed by atoms with Crippen molar-refractivity contribution in [3.05, 3.63) is 36.0 Å². The molecule has 0 saturated carbocycles. The molecule has 23 N–H and O–H groups in total. The fourth-order valence-corrected chi connectivity index (χ4v) is 8.10. The smallest absolute Gasteiger partial charge is 0.328 e. The van der Waals surface area contributed by atoms with E-state index in [1.54, 1.807) is 44.3 Å². The Kier molecular flexibility index (Phi) is 30.9. The number of para-hydroxylation sites is 1. The van der Waals surface area contributed by atoms with Crippen molar-refractivity contribution in [2.45, 2.75) is 152 Å². The van der Waals surface area contributed by atoms with E-state index < -0.39 is 158 Å². The number of thiol groups is 1. The molecule has 31 nitrogen and oxygen atoms in total. The quantitative estimate of drug-likeness (QED) is 0.0129. The lowest BCUT2D eigenvalue weighted by atomic mass is 10.0. The maximum atomic E-state index is 14.1. The van der Waals surface area contributed by atoms with Gasteiger partial charge in [-0.3, -0.25) is 52.9 Å². The summed E-state index contributed by atoms with van der Waals surface area (Å²) in [7, 11) is 0. The van der Waals surface area contributed by atoms with Crippen LogP contribution in [-0.4, -0.2) is 200 Å². The molecule has 9 amide bonds. The Labute approximate surface area is 478 Å². The first-order valence-electron chi connectivity index (χ1n) is 26.4. The van der Waals surface area contributed by atoms with Gasteiger partial charge in [0.15, 0.2) is 5.96 Å². The van der Waals surface area contributed by atoms with Crippen LogP contribution < -0.4 is 70.8 Å². The lowest BCUT2D eigenvalue weighted by Gasteiger charge is -2.28. The summed E-state index contributed by atoms with van der Waals surface area (Å²) in [5.74, 6) is -12.4. The van der Waals surface area contributed by atoms with Crippen LogP contribution in [-0.2, 0) is 59.2 Å². The highest BCUT2D eigenvalue weighted by Crippen LogP contribution is 2.20. The van der Waals surface area contributed by atoms with Crippen LogP contribution in [0.1, 0.15) is 84.6 Å². The summed E-state index contributed by atoms with van der Waals surface area (Å²) in [6.45, 7) is 3.92. The summed E-state index contributed by atoms with van der Waals surface area (Å²) in [6.07, 6.45) is -1.39. The maximum Gasteiger partial charge on any atom is 0.328 e. The number of rotatable bonds is 38. The summed E-state index contributed by atoms with van der Waals surface area (Å²) in [4.78, 5) is 153. The number of aromatic amines is 1. The topological polar surface area (TPSA) is 529 Å². The average molecular weight is 1180 g/mol. The molecule has 1 aromatic heterocycles. The van der Waals surface area contributed by atoms with Gasteiger partial charge in [0.25, 0.3) is 0 Å². The minimum absolute atomic E-state index is 0.0204. The lowest BCUT2D eigenvalue weighted by molar-refractivity contribution is -0.143.